The lowest BCUT2D eigenvalue weighted by Crippen LogP contribution is -2.38. The lowest BCUT2D eigenvalue weighted by molar-refractivity contribution is -0.121. The highest BCUT2D eigenvalue weighted by molar-refractivity contribution is 7.99. The molecular weight excluding hydrogens is 170 g/mol. The topological polar surface area (TPSA) is 29.1 Å². The molecule has 0 aliphatic carbocycles. The van der Waals surface area contributed by atoms with Crippen LogP contribution in [0.1, 0.15) is 33.1 Å². The summed E-state index contributed by atoms with van der Waals surface area (Å²) in [5.74, 6) is 1.28. The van der Waals surface area contributed by atoms with Crippen molar-refractivity contribution in [2.24, 2.45) is 0 Å². The SMILES string of the molecule is CCC(=O)NC1CCC(C)SC1. The maximum Gasteiger partial charge on any atom is 0.219 e. The number of hydrogen-bond donors (Lipinski definition) is 1. The van der Waals surface area contributed by atoms with Gasteiger partial charge in [-0.1, -0.05) is 13.8 Å². The highest BCUT2D eigenvalue weighted by Gasteiger charge is 2.19. The highest BCUT2D eigenvalue weighted by atomic mass is 32.2. The lowest BCUT2D eigenvalue weighted by Gasteiger charge is -2.26. The molecule has 0 aromatic heterocycles. The minimum absolute atomic E-state index is 0.190. The van der Waals surface area contributed by atoms with Crippen LogP contribution in [0, 0.1) is 0 Å². The van der Waals surface area contributed by atoms with Crippen molar-refractivity contribution in [3.05, 3.63) is 0 Å². The molecule has 1 heterocycles. The van der Waals surface area contributed by atoms with Gasteiger partial charge < -0.3 is 5.32 Å². The quantitative estimate of drug-likeness (QED) is 0.714. The number of carbonyl (C=O) groups is 1. The maximum absolute atomic E-state index is 11.0. The van der Waals surface area contributed by atoms with Crippen molar-refractivity contribution in [3.8, 4) is 0 Å². The molecule has 0 aromatic carbocycles. The Morgan fingerprint density at radius 3 is 2.83 bits per heavy atom. The third-order valence-electron chi connectivity index (χ3n) is 2.19. The fourth-order valence-electron chi connectivity index (χ4n) is 1.33. The summed E-state index contributed by atoms with van der Waals surface area (Å²) in [7, 11) is 0. The van der Waals surface area contributed by atoms with E-state index >= 15 is 0 Å². The zero-order valence-corrected chi connectivity index (χ0v) is 8.62. The molecule has 1 rings (SSSR count). The van der Waals surface area contributed by atoms with E-state index in [0.29, 0.717) is 12.5 Å². The summed E-state index contributed by atoms with van der Waals surface area (Å²) in [5.41, 5.74) is 0. The van der Waals surface area contributed by atoms with Crippen LogP contribution >= 0.6 is 11.8 Å². The lowest BCUT2D eigenvalue weighted by atomic mass is 10.1. The Bertz CT molecular complexity index is 153. The molecule has 0 radical (unpaired) electrons. The molecule has 2 unspecified atom stereocenters. The maximum atomic E-state index is 11.0. The minimum atomic E-state index is 0.190. The number of carbonyl (C=O) groups excluding carboxylic acids is 1. The van der Waals surface area contributed by atoms with E-state index in [9.17, 15) is 4.79 Å². The molecule has 2 nitrogen and oxygen atoms in total. The van der Waals surface area contributed by atoms with Gasteiger partial charge in [-0.2, -0.15) is 11.8 Å². The second kappa shape index (κ2) is 4.75. The summed E-state index contributed by atoms with van der Waals surface area (Å²) in [6.45, 7) is 4.15. The van der Waals surface area contributed by atoms with Crippen molar-refractivity contribution in [1.29, 1.82) is 0 Å². The van der Waals surface area contributed by atoms with Crippen LogP contribution in [0.2, 0.25) is 0 Å². The number of nitrogens with one attached hydrogen (secondary N) is 1. The first-order chi connectivity index (χ1) is 5.72. The Kier molecular flexibility index (Phi) is 3.92. The van der Waals surface area contributed by atoms with Gasteiger partial charge in [0.05, 0.1) is 0 Å². The third kappa shape index (κ3) is 3.05. The van der Waals surface area contributed by atoms with Crippen molar-refractivity contribution in [3.63, 3.8) is 0 Å². The second-order valence-corrected chi connectivity index (χ2v) is 4.81. The molecule has 12 heavy (non-hydrogen) atoms. The van der Waals surface area contributed by atoms with E-state index in [0.717, 1.165) is 17.4 Å². The van der Waals surface area contributed by atoms with Gasteiger partial charge in [-0.15, -0.1) is 0 Å². The summed E-state index contributed by atoms with van der Waals surface area (Å²) in [4.78, 5) is 11.0. The molecule has 0 aromatic rings. The van der Waals surface area contributed by atoms with Crippen LogP contribution in [0.4, 0.5) is 0 Å². The molecule has 2 atom stereocenters. The van der Waals surface area contributed by atoms with Crippen molar-refractivity contribution in [2.45, 2.75) is 44.4 Å². The Labute approximate surface area is 78.5 Å². The van der Waals surface area contributed by atoms with Gasteiger partial charge in [0.15, 0.2) is 0 Å². The van der Waals surface area contributed by atoms with E-state index in [1.165, 1.54) is 6.42 Å². The summed E-state index contributed by atoms with van der Waals surface area (Å²) >= 11 is 1.96. The normalized spacial score (nSPS) is 29.8. The molecule has 0 bridgehead atoms. The van der Waals surface area contributed by atoms with Crippen LogP contribution < -0.4 is 5.32 Å². The largest absolute Gasteiger partial charge is 0.353 e. The molecule has 1 aliphatic rings. The van der Waals surface area contributed by atoms with Crippen LogP contribution in [0.15, 0.2) is 0 Å². The van der Waals surface area contributed by atoms with Crippen LogP contribution in [0.5, 0.6) is 0 Å². The smallest absolute Gasteiger partial charge is 0.219 e. The first-order valence-corrected chi connectivity index (χ1v) is 5.68. The van der Waals surface area contributed by atoms with Gasteiger partial charge in [0.25, 0.3) is 0 Å². The Hall–Kier alpha value is -0.180. The first kappa shape index (κ1) is 9.90. The van der Waals surface area contributed by atoms with Crippen molar-refractivity contribution >= 4 is 17.7 Å². The molecule has 0 saturated carbocycles. The van der Waals surface area contributed by atoms with Gasteiger partial charge in [-0.25, -0.2) is 0 Å². The van der Waals surface area contributed by atoms with Gasteiger partial charge in [-0.05, 0) is 12.8 Å². The van der Waals surface area contributed by atoms with E-state index in [2.05, 4.69) is 12.2 Å². The molecule has 1 fully saturated rings. The minimum Gasteiger partial charge on any atom is -0.353 e. The fraction of sp³-hybridized carbons (Fsp3) is 0.889. The Balaban J connectivity index is 2.21. The van der Waals surface area contributed by atoms with Gasteiger partial charge in [0, 0.05) is 23.5 Å². The summed E-state index contributed by atoms with van der Waals surface area (Å²) in [5, 5.41) is 3.81. The second-order valence-electron chi connectivity index (χ2n) is 3.34. The van der Waals surface area contributed by atoms with Gasteiger partial charge in [0.2, 0.25) is 5.91 Å². The molecule has 3 heteroatoms. The monoisotopic (exact) mass is 187 g/mol. The van der Waals surface area contributed by atoms with Gasteiger partial charge in [-0.3, -0.25) is 4.79 Å². The summed E-state index contributed by atoms with van der Waals surface area (Å²) in [6.07, 6.45) is 3.00. The Morgan fingerprint density at radius 2 is 2.33 bits per heavy atom. The van der Waals surface area contributed by atoms with E-state index in [1.54, 1.807) is 0 Å². The molecule has 1 N–H and O–H groups in total. The van der Waals surface area contributed by atoms with E-state index in [-0.39, 0.29) is 5.91 Å². The zero-order valence-electron chi connectivity index (χ0n) is 7.80. The number of thioether (sulfide) groups is 1. The average molecular weight is 187 g/mol. The molecular formula is C9H17NOS. The van der Waals surface area contributed by atoms with Crippen LogP contribution in [0.3, 0.4) is 0 Å². The molecule has 0 spiro atoms. The Morgan fingerprint density at radius 1 is 1.58 bits per heavy atom. The summed E-state index contributed by atoms with van der Waals surface area (Å²) in [6, 6.07) is 0.429. The number of hydrogen-bond acceptors (Lipinski definition) is 2. The van der Waals surface area contributed by atoms with Crippen LogP contribution in [-0.4, -0.2) is 23.0 Å². The first-order valence-electron chi connectivity index (χ1n) is 4.63. The standard InChI is InChI=1S/C9H17NOS/c1-3-9(11)10-8-5-4-7(2)12-6-8/h7-8H,3-6H2,1-2H3,(H,10,11). The van der Waals surface area contributed by atoms with Gasteiger partial charge in [0.1, 0.15) is 0 Å². The van der Waals surface area contributed by atoms with E-state index in [1.807, 2.05) is 18.7 Å². The zero-order chi connectivity index (χ0) is 8.97. The fourth-order valence-corrected chi connectivity index (χ4v) is 2.44. The predicted molar refractivity (Wildman–Crippen MR) is 53.4 cm³/mol. The van der Waals surface area contributed by atoms with E-state index in [4.69, 9.17) is 0 Å². The van der Waals surface area contributed by atoms with Crippen LogP contribution in [0.25, 0.3) is 0 Å². The number of amides is 1. The third-order valence-corrected chi connectivity index (χ3v) is 3.59. The summed E-state index contributed by atoms with van der Waals surface area (Å²) < 4.78 is 0. The molecule has 1 amide bonds. The predicted octanol–water partition coefficient (Wildman–Crippen LogP) is 1.80. The van der Waals surface area contributed by atoms with Gasteiger partial charge >= 0.3 is 0 Å². The van der Waals surface area contributed by atoms with Crippen LogP contribution in [-0.2, 0) is 4.79 Å². The molecule has 1 saturated heterocycles. The molecule has 1 aliphatic heterocycles. The average Bonchev–Trinajstić information content (AvgIpc) is 2.09. The number of rotatable bonds is 2. The van der Waals surface area contributed by atoms with Crippen molar-refractivity contribution < 1.29 is 4.79 Å². The highest BCUT2D eigenvalue weighted by Crippen LogP contribution is 2.24. The van der Waals surface area contributed by atoms with E-state index < -0.39 is 0 Å². The van der Waals surface area contributed by atoms with Crippen molar-refractivity contribution in [1.82, 2.24) is 5.32 Å². The molecule has 70 valence electrons. The van der Waals surface area contributed by atoms with Crippen molar-refractivity contribution in [2.75, 3.05) is 5.75 Å².